The molecule has 2 rings (SSSR count). The van der Waals surface area contributed by atoms with Gasteiger partial charge in [0.25, 0.3) is 0 Å². The van der Waals surface area contributed by atoms with Gasteiger partial charge < -0.3 is 10.1 Å². The lowest BCUT2D eigenvalue weighted by Crippen LogP contribution is -2.32. The first-order valence-corrected chi connectivity index (χ1v) is 8.32. The molecule has 148 valence electrons. The summed E-state index contributed by atoms with van der Waals surface area (Å²) in [5, 5.41) is 5.16. The van der Waals surface area contributed by atoms with Gasteiger partial charge in [-0.25, -0.2) is 5.43 Å². The van der Waals surface area contributed by atoms with Gasteiger partial charge in [0.05, 0.1) is 23.4 Å². The van der Waals surface area contributed by atoms with Gasteiger partial charge in [0.15, 0.2) is 0 Å². The van der Waals surface area contributed by atoms with Crippen molar-refractivity contribution in [3.05, 3.63) is 58.6 Å². The first kappa shape index (κ1) is 21.2. The van der Waals surface area contributed by atoms with Crippen LogP contribution in [0.3, 0.4) is 0 Å². The van der Waals surface area contributed by atoms with Gasteiger partial charge in [-0.2, -0.15) is 18.3 Å². The van der Waals surface area contributed by atoms with Crippen LogP contribution in [0.5, 0.6) is 5.75 Å². The van der Waals surface area contributed by atoms with E-state index < -0.39 is 28.6 Å². The highest BCUT2D eigenvalue weighted by Crippen LogP contribution is 2.36. The number of halogens is 4. The fourth-order valence-electron chi connectivity index (χ4n) is 2.04. The predicted molar refractivity (Wildman–Crippen MR) is 98.4 cm³/mol. The van der Waals surface area contributed by atoms with Crippen molar-refractivity contribution in [1.29, 1.82) is 0 Å². The van der Waals surface area contributed by atoms with Crippen LogP contribution in [0.1, 0.15) is 18.1 Å². The summed E-state index contributed by atoms with van der Waals surface area (Å²) in [5.74, 6) is -1.66. The summed E-state index contributed by atoms with van der Waals surface area (Å²) >= 11 is 5.49. The molecule has 2 N–H and O–H groups in total. The molecule has 0 saturated carbocycles. The Bertz CT molecular complexity index is 884. The van der Waals surface area contributed by atoms with E-state index in [0.717, 1.165) is 12.1 Å². The maximum Gasteiger partial charge on any atom is 0.417 e. The summed E-state index contributed by atoms with van der Waals surface area (Å²) in [7, 11) is 0. The number of ether oxygens (including phenoxy) is 1. The van der Waals surface area contributed by atoms with Crippen LogP contribution in [0, 0.1) is 0 Å². The molecule has 0 bridgehead atoms. The molecule has 2 amide bonds. The van der Waals surface area contributed by atoms with Gasteiger partial charge in [-0.15, -0.1) is 0 Å². The lowest BCUT2D eigenvalue weighted by molar-refractivity contribution is -0.137. The zero-order valence-corrected chi connectivity index (χ0v) is 15.3. The van der Waals surface area contributed by atoms with Crippen LogP contribution in [-0.2, 0) is 15.8 Å². The number of hydrogen-bond donors (Lipinski definition) is 2. The van der Waals surface area contributed by atoms with Crippen molar-refractivity contribution >= 4 is 35.3 Å². The van der Waals surface area contributed by atoms with E-state index in [2.05, 4.69) is 10.4 Å². The van der Waals surface area contributed by atoms with E-state index in [4.69, 9.17) is 16.3 Å². The quantitative estimate of drug-likeness (QED) is 0.444. The molecule has 0 spiro atoms. The van der Waals surface area contributed by atoms with Crippen molar-refractivity contribution in [2.45, 2.75) is 13.1 Å². The fraction of sp³-hybridized carbons (Fsp3) is 0.167. The van der Waals surface area contributed by atoms with Crippen LogP contribution >= 0.6 is 11.6 Å². The van der Waals surface area contributed by atoms with Crippen molar-refractivity contribution in [1.82, 2.24) is 5.43 Å². The molecule has 0 saturated heterocycles. The Kier molecular flexibility index (Phi) is 7.00. The molecule has 0 atom stereocenters. The molecular weight excluding hydrogens is 399 g/mol. The minimum Gasteiger partial charge on any atom is -0.494 e. The summed E-state index contributed by atoms with van der Waals surface area (Å²) in [6.45, 7) is 2.38. The summed E-state index contributed by atoms with van der Waals surface area (Å²) < 4.78 is 43.7. The molecule has 0 aromatic heterocycles. The summed E-state index contributed by atoms with van der Waals surface area (Å²) in [4.78, 5) is 23.5. The molecule has 0 aliphatic carbocycles. The number of hydrazone groups is 1. The minimum absolute atomic E-state index is 0.229. The van der Waals surface area contributed by atoms with Crippen LogP contribution in [0.25, 0.3) is 0 Å². The highest BCUT2D eigenvalue weighted by molar-refractivity contribution is 6.39. The molecule has 0 fully saturated rings. The van der Waals surface area contributed by atoms with Gasteiger partial charge >= 0.3 is 18.0 Å². The van der Waals surface area contributed by atoms with Gasteiger partial charge in [-0.3, -0.25) is 9.59 Å². The van der Waals surface area contributed by atoms with Crippen LogP contribution in [0.4, 0.5) is 18.9 Å². The highest BCUT2D eigenvalue weighted by Gasteiger charge is 2.33. The monoisotopic (exact) mass is 413 g/mol. The van der Waals surface area contributed by atoms with Gasteiger partial charge in [0.2, 0.25) is 0 Å². The van der Waals surface area contributed by atoms with Crippen molar-refractivity contribution < 1.29 is 27.5 Å². The summed E-state index contributed by atoms with van der Waals surface area (Å²) in [5.41, 5.74) is 1.27. The zero-order chi connectivity index (χ0) is 20.7. The van der Waals surface area contributed by atoms with Crippen LogP contribution < -0.4 is 15.5 Å². The summed E-state index contributed by atoms with van der Waals surface area (Å²) in [6, 6.07) is 9.54. The van der Waals surface area contributed by atoms with Gasteiger partial charge in [-0.05, 0) is 55.0 Å². The maximum atomic E-state index is 12.8. The van der Waals surface area contributed by atoms with E-state index in [1.807, 2.05) is 12.3 Å². The van der Waals surface area contributed by atoms with Gasteiger partial charge in [-0.1, -0.05) is 11.6 Å². The van der Waals surface area contributed by atoms with E-state index in [1.54, 1.807) is 24.3 Å². The Morgan fingerprint density at radius 3 is 2.43 bits per heavy atom. The average Bonchev–Trinajstić information content (AvgIpc) is 2.64. The van der Waals surface area contributed by atoms with E-state index in [-0.39, 0.29) is 5.69 Å². The van der Waals surface area contributed by atoms with E-state index in [0.29, 0.717) is 24.0 Å². The number of anilines is 1. The third-order valence-corrected chi connectivity index (χ3v) is 3.64. The second-order valence-electron chi connectivity index (χ2n) is 5.35. The van der Waals surface area contributed by atoms with Crippen LogP contribution in [0.2, 0.25) is 5.02 Å². The molecule has 28 heavy (non-hydrogen) atoms. The number of nitrogens with zero attached hydrogens (tertiary/aromatic N) is 1. The number of carbonyl (C=O) groups excluding carboxylic acids is 2. The molecule has 2 aromatic carbocycles. The molecular formula is C18H15ClF3N3O3. The van der Waals surface area contributed by atoms with Gasteiger partial charge in [0.1, 0.15) is 5.75 Å². The second kappa shape index (κ2) is 9.23. The predicted octanol–water partition coefficient (Wildman–Crippen LogP) is 3.85. The smallest absolute Gasteiger partial charge is 0.417 e. The molecule has 0 radical (unpaired) electrons. The Labute approximate surface area is 163 Å². The zero-order valence-electron chi connectivity index (χ0n) is 14.5. The molecule has 0 unspecified atom stereocenters. The summed E-state index contributed by atoms with van der Waals surface area (Å²) in [6.07, 6.45) is -3.40. The molecule has 0 aliphatic heterocycles. The number of alkyl halides is 3. The van der Waals surface area contributed by atoms with Crippen molar-refractivity contribution in [3.63, 3.8) is 0 Å². The lowest BCUT2D eigenvalue weighted by atomic mass is 10.2. The minimum atomic E-state index is -4.69. The molecule has 10 heteroatoms. The Balaban J connectivity index is 1.95. The lowest BCUT2D eigenvalue weighted by Gasteiger charge is -2.11. The largest absolute Gasteiger partial charge is 0.494 e. The van der Waals surface area contributed by atoms with Crippen molar-refractivity contribution in [3.8, 4) is 5.75 Å². The SMILES string of the molecule is CCOc1ccc(/C=N\NC(=O)C(=O)Nc2ccc(Cl)c(C(F)(F)F)c2)cc1. The highest BCUT2D eigenvalue weighted by atomic mass is 35.5. The third-order valence-electron chi connectivity index (χ3n) is 3.31. The van der Waals surface area contributed by atoms with E-state index in [1.165, 1.54) is 6.21 Å². The fourth-order valence-corrected chi connectivity index (χ4v) is 2.27. The standard InChI is InChI=1S/C18H15ClF3N3O3/c1-2-28-13-6-3-11(4-7-13)10-23-25-17(27)16(26)24-12-5-8-15(19)14(9-12)18(20,21)22/h3-10H,2H2,1H3,(H,24,26)(H,25,27)/b23-10-. The van der Waals surface area contributed by atoms with Gasteiger partial charge in [0, 0.05) is 5.69 Å². The Morgan fingerprint density at radius 1 is 1.14 bits per heavy atom. The van der Waals surface area contributed by atoms with Crippen LogP contribution in [-0.4, -0.2) is 24.6 Å². The molecule has 2 aromatic rings. The average molecular weight is 414 g/mol. The van der Waals surface area contributed by atoms with E-state index in [9.17, 15) is 22.8 Å². The number of hydrogen-bond acceptors (Lipinski definition) is 4. The van der Waals surface area contributed by atoms with E-state index >= 15 is 0 Å². The molecule has 6 nitrogen and oxygen atoms in total. The number of amides is 2. The molecule has 0 aliphatic rings. The van der Waals surface area contributed by atoms with Crippen LogP contribution in [0.15, 0.2) is 47.6 Å². The number of rotatable bonds is 5. The first-order valence-electron chi connectivity index (χ1n) is 7.94. The first-order chi connectivity index (χ1) is 13.2. The van der Waals surface area contributed by atoms with Crippen molar-refractivity contribution in [2.24, 2.45) is 5.10 Å². The third kappa shape index (κ3) is 5.98. The maximum absolute atomic E-state index is 12.8. The number of nitrogens with one attached hydrogen (secondary N) is 2. The topological polar surface area (TPSA) is 79.8 Å². The Morgan fingerprint density at radius 2 is 1.82 bits per heavy atom. The Hall–Kier alpha value is -3.07. The van der Waals surface area contributed by atoms with Crippen molar-refractivity contribution in [2.75, 3.05) is 11.9 Å². The second-order valence-corrected chi connectivity index (χ2v) is 5.75. The number of carbonyl (C=O) groups is 2. The number of benzene rings is 2. The molecule has 0 heterocycles. The normalized spacial score (nSPS) is 11.3.